The van der Waals surface area contributed by atoms with E-state index in [1.807, 2.05) is 29.8 Å². The molecule has 3 rings (SSSR count). The lowest BCUT2D eigenvalue weighted by atomic mass is 10.1. The summed E-state index contributed by atoms with van der Waals surface area (Å²) in [6.07, 6.45) is 5.19. The first-order chi connectivity index (χ1) is 9.15. The molecule has 1 aliphatic carbocycles. The third-order valence-corrected chi connectivity index (χ3v) is 4.66. The van der Waals surface area contributed by atoms with Gasteiger partial charge in [0.2, 0.25) is 0 Å². The highest BCUT2D eigenvalue weighted by atomic mass is 35.5. The van der Waals surface area contributed by atoms with Crippen LogP contribution < -0.4 is 0 Å². The molecule has 2 nitrogen and oxygen atoms in total. The monoisotopic (exact) mass is 292 g/mol. The highest BCUT2D eigenvalue weighted by Gasteiger charge is 2.19. The van der Waals surface area contributed by atoms with Gasteiger partial charge in [-0.05, 0) is 43.5 Å². The van der Waals surface area contributed by atoms with Crippen LogP contribution >= 0.6 is 23.8 Å². The normalized spacial score (nSPS) is 16.1. The van der Waals surface area contributed by atoms with Crippen molar-refractivity contribution in [3.05, 3.63) is 45.2 Å². The summed E-state index contributed by atoms with van der Waals surface area (Å²) in [4.78, 5) is 0. The molecule has 1 heterocycles. The molecule has 0 saturated heterocycles. The molecule has 1 aliphatic rings. The van der Waals surface area contributed by atoms with Crippen LogP contribution in [0.1, 0.15) is 42.9 Å². The molecule has 2 aromatic rings. The fraction of sp³-hybridized carbons (Fsp3) is 0.400. The maximum absolute atomic E-state index is 6.19. The van der Waals surface area contributed by atoms with Crippen molar-refractivity contribution in [3.63, 3.8) is 0 Å². The van der Waals surface area contributed by atoms with Gasteiger partial charge in [-0.2, -0.15) is 0 Å². The van der Waals surface area contributed by atoms with Crippen molar-refractivity contribution in [1.82, 2.24) is 9.78 Å². The minimum absolute atomic E-state index is 0.642. The van der Waals surface area contributed by atoms with Crippen molar-refractivity contribution in [2.45, 2.75) is 38.5 Å². The predicted molar refractivity (Wildman–Crippen MR) is 81.9 cm³/mol. The zero-order chi connectivity index (χ0) is 13.4. The number of halogens is 1. The number of nitrogens with one attached hydrogen (secondary N) is 1. The molecule has 0 aliphatic heterocycles. The molecule has 0 atom stereocenters. The van der Waals surface area contributed by atoms with Crippen LogP contribution in [0.4, 0.5) is 0 Å². The Morgan fingerprint density at radius 3 is 2.68 bits per heavy atom. The molecule has 0 bridgehead atoms. The highest BCUT2D eigenvalue weighted by Crippen LogP contribution is 2.33. The number of H-pyrrole nitrogens is 1. The zero-order valence-electron chi connectivity index (χ0n) is 10.9. The molecule has 4 heteroatoms. The number of aryl methyl sites for hydroxylation is 1. The Balaban J connectivity index is 2.00. The van der Waals surface area contributed by atoms with Gasteiger partial charge < -0.3 is 0 Å². The SMILES string of the molecule is Cc1ccc(-n2[nH]c(C3CCCC3)cc2=S)cc1Cl. The third-order valence-electron chi connectivity index (χ3n) is 3.95. The van der Waals surface area contributed by atoms with Crippen LogP contribution in [0, 0.1) is 11.6 Å². The van der Waals surface area contributed by atoms with E-state index in [4.69, 9.17) is 23.8 Å². The molecule has 19 heavy (non-hydrogen) atoms. The molecular weight excluding hydrogens is 276 g/mol. The molecule has 0 amide bonds. The van der Waals surface area contributed by atoms with E-state index >= 15 is 0 Å². The molecule has 1 saturated carbocycles. The van der Waals surface area contributed by atoms with Gasteiger partial charge in [0, 0.05) is 16.6 Å². The van der Waals surface area contributed by atoms with Gasteiger partial charge in [0.05, 0.1) is 5.69 Å². The lowest BCUT2D eigenvalue weighted by Gasteiger charge is -2.08. The second kappa shape index (κ2) is 5.14. The second-order valence-corrected chi connectivity index (χ2v) is 6.13. The standard InChI is InChI=1S/C15H17ClN2S/c1-10-6-7-12(8-13(10)16)18-15(19)9-14(17-18)11-4-2-3-5-11/h6-9,11,17H,2-5H2,1H3. The Hall–Kier alpha value is -1.06. The number of aromatic nitrogens is 2. The number of benzene rings is 1. The van der Waals surface area contributed by atoms with E-state index in [9.17, 15) is 0 Å². The van der Waals surface area contributed by atoms with Gasteiger partial charge in [0.1, 0.15) is 4.64 Å². The smallest absolute Gasteiger partial charge is 0.127 e. The van der Waals surface area contributed by atoms with E-state index in [1.54, 1.807) is 0 Å². The molecular formula is C15H17ClN2S. The highest BCUT2D eigenvalue weighted by molar-refractivity contribution is 7.71. The molecule has 0 spiro atoms. The van der Waals surface area contributed by atoms with E-state index < -0.39 is 0 Å². The van der Waals surface area contributed by atoms with Crippen molar-refractivity contribution in [2.75, 3.05) is 0 Å². The topological polar surface area (TPSA) is 20.7 Å². The summed E-state index contributed by atoms with van der Waals surface area (Å²) in [6.45, 7) is 2.00. The molecule has 0 radical (unpaired) electrons. The zero-order valence-corrected chi connectivity index (χ0v) is 12.5. The molecule has 1 aromatic heterocycles. The molecule has 1 N–H and O–H groups in total. The number of rotatable bonds is 2. The summed E-state index contributed by atoms with van der Waals surface area (Å²) < 4.78 is 2.77. The molecule has 0 unspecified atom stereocenters. The Morgan fingerprint density at radius 2 is 2.00 bits per heavy atom. The average Bonchev–Trinajstić information content (AvgIpc) is 3.01. The average molecular weight is 293 g/mol. The van der Waals surface area contributed by atoms with E-state index in [2.05, 4.69) is 11.2 Å². The minimum atomic E-state index is 0.642. The first-order valence-corrected chi connectivity index (χ1v) is 7.52. The molecule has 1 fully saturated rings. The molecule has 100 valence electrons. The van der Waals surface area contributed by atoms with E-state index in [0.717, 1.165) is 20.9 Å². The van der Waals surface area contributed by atoms with Gasteiger partial charge in [-0.25, -0.2) is 4.68 Å². The van der Waals surface area contributed by atoms with Gasteiger partial charge in [-0.15, -0.1) is 0 Å². The van der Waals surface area contributed by atoms with Crippen LogP contribution in [0.25, 0.3) is 5.69 Å². The summed E-state index contributed by atoms with van der Waals surface area (Å²) >= 11 is 11.6. The summed E-state index contributed by atoms with van der Waals surface area (Å²) in [7, 11) is 0. The maximum atomic E-state index is 6.19. The van der Waals surface area contributed by atoms with Crippen molar-refractivity contribution in [3.8, 4) is 5.69 Å². The number of hydrogen-bond acceptors (Lipinski definition) is 1. The van der Waals surface area contributed by atoms with E-state index in [1.165, 1.54) is 31.4 Å². The predicted octanol–water partition coefficient (Wildman–Crippen LogP) is 5.15. The Kier molecular flexibility index (Phi) is 3.50. The van der Waals surface area contributed by atoms with Crippen LogP contribution in [0.2, 0.25) is 5.02 Å². The van der Waals surface area contributed by atoms with Gasteiger partial charge in [0.15, 0.2) is 0 Å². The second-order valence-electron chi connectivity index (χ2n) is 5.30. The summed E-state index contributed by atoms with van der Waals surface area (Å²) in [5, 5.41) is 4.21. The van der Waals surface area contributed by atoms with Crippen molar-refractivity contribution in [2.24, 2.45) is 0 Å². The van der Waals surface area contributed by atoms with Gasteiger partial charge in [-0.1, -0.05) is 42.7 Å². The summed E-state index contributed by atoms with van der Waals surface area (Å²) in [5.41, 5.74) is 3.35. The number of nitrogens with zero attached hydrogens (tertiary/aromatic N) is 1. The fourth-order valence-electron chi connectivity index (χ4n) is 2.77. The number of aromatic amines is 1. The molecule has 1 aromatic carbocycles. The summed E-state index contributed by atoms with van der Waals surface area (Å²) in [6, 6.07) is 8.13. The van der Waals surface area contributed by atoms with Crippen LogP contribution in [0.3, 0.4) is 0 Å². The first-order valence-electron chi connectivity index (χ1n) is 6.73. The third kappa shape index (κ3) is 2.49. The van der Waals surface area contributed by atoms with Crippen molar-refractivity contribution in [1.29, 1.82) is 0 Å². The minimum Gasteiger partial charge on any atom is -0.297 e. The van der Waals surface area contributed by atoms with Crippen LogP contribution in [0.15, 0.2) is 24.3 Å². The maximum Gasteiger partial charge on any atom is 0.127 e. The fourth-order valence-corrected chi connectivity index (χ4v) is 3.23. The number of hydrogen-bond donors (Lipinski definition) is 1. The van der Waals surface area contributed by atoms with Gasteiger partial charge >= 0.3 is 0 Å². The van der Waals surface area contributed by atoms with Crippen LogP contribution in [-0.2, 0) is 0 Å². The Labute approximate surface area is 123 Å². The Morgan fingerprint density at radius 1 is 1.26 bits per heavy atom. The van der Waals surface area contributed by atoms with Gasteiger partial charge in [0.25, 0.3) is 0 Å². The van der Waals surface area contributed by atoms with Crippen LogP contribution in [-0.4, -0.2) is 9.78 Å². The lowest BCUT2D eigenvalue weighted by Crippen LogP contribution is -1.99. The first kappa shape index (κ1) is 12.9. The largest absolute Gasteiger partial charge is 0.297 e. The summed E-state index contributed by atoms with van der Waals surface area (Å²) in [5.74, 6) is 0.642. The van der Waals surface area contributed by atoms with Crippen molar-refractivity contribution >= 4 is 23.8 Å². The van der Waals surface area contributed by atoms with Crippen LogP contribution in [0.5, 0.6) is 0 Å². The quantitative estimate of drug-likeness (QED) is 0.759. The van der Waals surface area contributed by atoms with Crippen molar-refractivity contribution < 1.29 is 0 Å². The van der Waals surface area contributed by atoms with E-state index in [-0.39, 0.29) is 0 Å². The lowest BCUT2D eigenvalue weighted by molar-refractivity contribution is 0.678. The Bertz CT molecular complexity index is 650. The van der Waals surface area contributed by atoms with E-state index in [0.29, 0.717) is 5.92 Å². The van der Waals surface area contributed by atoms with Gasteiger partial charge in [-0.3, -0.25) is 5.10 Å².